The summed E-state index contributed by atoms with van der Waals surface area (Å²) in [7, 11) is 0. The quantitative estimate of drug-likeness (QED) is 0.825. The normalized spacial score (nSPS) is 10.7. The van der Waals surface area contributed by atoms with Crippen molar-refractivity contribution in [2.24, 2.45) is 0 Å². The number of hydrogen-bond acceptors (Lipinski definition) is 1. The monoisotopic (exact) mass is 303 g/mol. The summed E-state index contributed by atoms with van der Waals surface area (Å²) < 4.78 is 2.15. The van der Waals surface area contributed by atoms with E-state index in [9.17, 15) is 0 Å². The van der Waals surface area contributed by atoms with Crippen molar-refractivity contribution in [3.8, 4) is 0 Å². The molecule has 0 spiro atoms. The van der Waals surface area contributed by atoms with Gasteiger partial charge in [0.1, 0.15) is 0 Å². The molecule has 0 radical (unpaired) electrons. The van der Waals surface area contributed by atoms with Crippen LogP contribution < -0.4 is 5.32 Å². The molecule has 0 aliphatic rings. The number of benzene rings is 1. The first-order chi connectivity index (χ1) is 6.25. The molecule has 0 bridgehead atoms. The molecule has 70 valence electrons. The van der Waals surface area contributed by atoms with Gasteiger partial charge < -0.3 is 5.32 Å². The van der Waals surface area contributed by atoms with E-state index in [1.807, 2.05) is 31.2 Å². The Labute approximate surface area is 95.5 Å². The molecule has 0 aliphatic carbocycles. The first-order valence-electron chi connectivity index (χ1n) is 4.04. The number of hydrogen-bond donors (Lipinski definition) is 1. The molecule has 1 nitrogen and oxygen atoms in total. The number of nitrogens with one attached hydrogen (secondary N) is 1. The number of para-hydroxylation sites is 1. The highest BCUT2D eigenvalue weighted by Gasteiger charge is 2.01. The third-order valence-corrected chi connectivity index (χ3v) is 2.92. The van der Waals surface area contributed by atoms with Crippen LogP contribution in [0.1, 0.15) is 6.92 Å². The second-order valence-electron chi connectivity index (χ2n) is 2.55. The van der Waals surface area contributed by atoms with Crippen LogP contribution in [0, 0.1) is 0 Å². The Morgan fingerprint density at radius 2 is 1.92 bits per heavy atom. The van der Waals surface area contributed by atoms with Crippen LogP contribution in [0.5, 0.6) is 0 Å². The lowest BCUT2D eigenvalue weighted by Gasteiger charge is -2.07. The van der Waals surface area contributed by atoms with Crippen LogP contribution in [0.25, 0.3) is 0 Å². The highest BCUT2D eigenvalue weighted by Crippen LogP contribution is 2.30. The van der Waals surface area contributed by atoms with Crippen LogP contribution in [0.15, 0.2) is 39.3 Å². The zero-order valence-corrected chi connectivity index (χ0v) is 10.5. The lowest BCUT2D eigenvalue weighted by atomic mass is 10.3. The Morgan fingerprint density at radius 3 is 2.46 bits per heavy atom. The van der Waals surface area contributed by atoms with Gasteiger partial charge in [-0.05, 0) is 50.9 Å². The lowest BCUT2D eigenvalue weighted by Crippen LogP contribution is -1.99. The van der Waals surface area contributed by atoms with E-state index in [1.54, 1.807) is 0 Å². The second-order valence-corrected chi connectivity index (χ2v) is 4.26. The van der Waals surface area contributed by atoms with Crippen molar-refractivity contribution in [3.05, 3.63) is 39.3 Å². The molecule has 0 saturated carbocycles. The van der Waals surface area contributed by atoms with Crippen molar-refractivity contribution in [3.63, 3.8) is 0 Å². The van der Waals surface area contributed by atoms with Crippen molar-refractivity contribution < 1.29 is 0 Å². The molecule has 0 heterocycles. The Balaban J connectivity index is 2.75. The van der Waals surface area contributed by atoms with Crippen LogP contribution in [-0.2, 0) is 0 Å². The predicted octanol–water partition coefficient (Wildman–Crippen LogP) is 4.20. The predicted molar refractivity (Wildman–Crippen MR) is 65.1 cm³/mol. The van der Waals surface area contributed by atoms with Gasteiger partial charge in [0.25, 0.3) is 0 Å². The zero-order valence-electron chi connectivity index (χ0n) is 7.35. The molecule has 0 amide bonds. The van der Waals surface area contributed by atoms with Crippen LogP contribution in [0.4, 0.5) is 5.69 Å². The van der Waals surface area contributed by atoms with Crippen molar-refractivity contribution >= 4 is 37.5 Å². The van der Waals surface area contributed by atoms with Gasteiger partial charge in [0.15, 0.2) is 0 Å². The summed E-state index contributed by atoms with van der Waals surface area (Å²) in [6.07, 6.45) is 4.10. The molecule has 1 aromatic carbocycles. The van der Waals surface area contributed by atoms with Gasteiger partial charge in [-0.1, -0.05) is 18.2 Å². The Hall–Kier alpha value is -0.280. The molecule has 0 atom stereocenters. The van der Waals surface area contributed by atoms with Gasteiger partial charge in [0.2, 0.25) is 0 Å². The third kappa shape index (κ3) is 3.16. The molecule has 1 aromatic rings. The van der Waals surface area contributed by atoms with Gasteiger partial charge in [-0.25, -0.2) is 0 Å². The van der Waals surface area contributed by atoms with Gasteiger partial charge >= 0.3 is 0 Å². The maximum absolute atomic E-state index is 3.48. The Kier molecular flexibility index (Phi) is 4.53. The summed E-state index contributed by atoms with van der Waals surface area (Å²) in [4.78, 5) is 0. The van der Waals surface area contributed by atoms with Gasteiger partial charge in [0.05, 0.1) is 5.69 Å². The smallest absolute Gasteiger partial charge is 0.0631 e. The standard InChI is InChI=1S/C10H11Br2N/c1-2-3-7-13-10-8(11)5-4-6-9(10)12/h2-6,13H,7H2,1H3/b3-2+. The van der Waals surface area contributed by atoms with Crippen molar-refractivity contribution in [2.75, 3.05) is 11.9 Å². The Morgan fingerprint density at radius 1 is 1.31 bits per heavy atom. The minimum atomic E-state index is 0.845. The summed E-state index contributed by atoms with van der Waals surface area (Å²) in [6.45, 7) is 2.86. The van der Waals surface area contributed by atoms with E-state index in [-0.39, 0.29) is 0 Å². The third-order valence-electron chi connectivity index (χ3n) is 1.60. The molecule has 3 heteroatoms. The van der Waals surface area contributed by atoms with E-state index in [0.29, 0.717) is 0 Å². The van der Waals surface area contributed by atoms with Gasteiger partial charge in [-0.3, -0.25) is 0 Å². The Bertz CT molecular complexity index is 288. The number of anilines is 1. The molecule has 13 heavy (non-hydrogen) atoms. The minimum absolute atomic E-state index is 0.845. The fourth-order valence-electron chi connectivity index (χ4n) is 0.946. The van der Waals surface area contributed by atoms with Gasteiger partial charge in [-0.2, -0.15) is 0 Å². The summed E-state index contributed by atoms with van der Waals surface area (Å²) in [5, 5.41) is 3.30. The van der Waals surface area contributed by atoms with E-state index < -0.39 is 0 Å². The lowest BCUT2D eigenvalue weighted by molar-refractivity contribution is 1.31. The molecule has 0 saturated heterocycles. The first kappa shape index (κ1) is 10.8. The number of halogens is 2. The van der Waals surface area contributed by atoms with Crippen molar-refractivity contribution in [1.82, 2.24) is 0 Å². The van der Waals surface area contributed by atoms with Crippen LogP contribution in [0.3, 0.4) is 0 Å². The van der Waals surface area contributed by atoms with E-state index in [2.05, 4.69) is 43.3 Å². The highest BCUT2D eigenvalue weighted by molar-refractivity contribution is 9.11. The highest BCUT2D eigenvalue weighted by atomic mass is 79.9. The molecule has 0 aliphatic heterocycles. The SMILES string of the molecule is C/C=C/CNc1c(Br)cccc1Br. The molecular weight excluding hydrogens is 294 g/mol. The molecule has 1 rings (SSSR count). The number of allylic oxidation sites excluding steroid dienone is 1. The molecule has 0 fully saturated rings. The van der Waals surface area contributed by atoms with E-state index in [1.165, 1.54) is 0 Å². The van der Waals surface area contributed by atoms with Crippen LogP contribution in [-0.4, -0.2) is 6.54 Å². The van der Waals surface area contributed by atoms with E-state index >= 15 is 0 Å². The van der Waals surface area contributed by atoms with Crippen molar-refractivity contribution in [2.45, 2.75) is 6.92 Å². The zero-order chi connectivity index (χ0) is 9.68. The van der Waals surface area contributed by atoms with Crippen molar-refractivity contribution in [1.29, 1.82) is 0 Å². The van der Waals surface area contributed by atoms with Crippen LogP contribution >= 0.6 is 31.9 Å². The van der Waals surface area contributed by atoms with E-state index in [0.717, 1.165) is 21.2 Å². The molecule has 0 aromatic heterocycles. The first-order valence-corrected chi connectivity index (χ1v) is 5.63. The van der Waals surface area contributed by atoms with Gasteiger partial charge in [0, 0.05) is 15.5 Å². The largest absolute Gasteiger partial charge is 0.380 e. The summed E-state index contributed by atoms with van der Waals surface area (Å²) >= 11 is 6.97. The van der Waals surface area contributed by atoms with Gasteiger partial charge in [-0.15, -0.1) is 0 Å². The fraction of sp³-hybridized carbons (Fsp3) is 0.200. The number of rotatable bonds is 3. The summed E-state index contributed by atoms with van der Waals surface area (Å²) in [5.41, 5.74) is 1.10. The second kappa shape index (κ2) is 5.45. The average Bonchev–Trinajstić information content (AvgIpc) is 2.10. The van der Waals surface area contributed by atoms with E-state index in [4.69, 9.17) is 0 Å². The maximum atomic E-state index is 3.48. The molecule has 1 N–H and O–H groups in total. The summed E-state index contributed by atoms with van der Waals surface area (Å²) in [5.74, 6) is 0. The molecular formula is C10H11Br2N. The topological polar surface area (TPSA) is 12.0 Å². The molecule has 0 unspecified atom stereocenters. The average molecular weight is 305 g/mol. The summed E-state index contributed by atoms with van der Waals surface area (Å²) in [6, 6.07) is 6.03. The minimum Gasteiger partial charge on any atom is -0.380 e. The fourth-order valence-corrected chi connectivity index (χ4v) is 2.22. The maximum Gasteiger partial charge on any atom is 0.0631 e. The van der Waals surface area contributed by atoms with Crippen LogP contribution in [0.2, 0.25) is 0 Å².